The molecule has 6 heteroatoms. The minimum absolute atomic E-state index is 0.331. The van der Waals surface area contributed by atoms with E-state index in [9.17, 15) is 4.79 Å². The smallest absolute Gasteiger partial charge is 0.344 e. The van der Waals surface area contributed by atoms with E-state index in [4.69, 9.17) is 4.42 Å². The summed E-state index contributed by atoms with van der Waals surface area (Å²) in [6, 6.07) is 12.6. The van der Waals surface area contributed by atoms with Crippen LogP contribution in [0.5, 0.6) is 0 Å². The van der Waals surface area contributed by atoms with E-state index in [1.165, 1.54) is 0 Å². The van der Waals surface area contributed by atoms with Crippen LogP contribution in [0.3, 0.4) is 0 Å². The van der Waals surface area contributed by atoms with Crippen LogP contribution < -0.4 is 15.8 Å². The van der Waals surface area contributed by atoms with Crippen molar-refractivity contribution in [3.05, 3.63) is 65.4 Å². The lowest BCUT2D eigenvalue weighted by molar-refractivity contribution is 0.407. The second-order valence-electron chi connectivity index (χ2n) is 7.66. The topological polar surface area (TPSA) is 62.8 Å². The van der Waals surface area contributed by atoms with Crippen LogP contribution in [0.4, 0.5) is 5.69 Å². The molecule has 5 rings (SSSR count). The Labute approximate surface area is 162 Å². The van der Waals surface area contributed by atoms with Crippen molar-refractivity contribution < 1.29 is 4.42 Å². The fourth-order valence-corrected chi connectivity index (χ4v) is 4.12. The van der Waals surface area contributed by atoms with Gasteiger partial charge in [0.05, 0.1) is 5.56 Å². The molecule has 28 heavy (non-hydrogen) atoms. The molecule has 1 aliphatic heterocycles. The Morgan fingerprint density at radius 2 is 1.96 bits per heavy atom. The van der Waals surface area contributed by atoms with Crippen LogP contribution >= 0.6 is 0 Å². The number of rotatable bonds is 2. The normalized spacial score (nSPS) is 20.1. The first-order chi connectivity index (χ1) is 13.6. The van der Waals surface area contributed by atoms with E-state index in [1.807, 2.05) is 47.1 Å². The van der Waals surface area contributed by atoms with E-state index in [1.54, 1.807) is 6.20 Å². The molecule has 0 saturated carbocycles. The van der Waals surface area contributed by atoms with Crippen molar-refractivity contribution in [3.63, 3.8) is 0 Å². The molecule has 4 heterocycles. The molecule has 0 bridgehead atoms. The fourth-order valence-electron chi connectivity index (χ4n) is 4.12. The average Bonchev–Trinajstić information content (AvgIpc) is 3.10. The second-order valence-corrected chi connectivity index (χ2v) is 7.66. The van der Waals surface area contributed by atoms with Crippen LogP contribution in [0.1, 0.15) is 13.8 Å². The largest absolute Gasteiger partial charge is 0.422 e. The van der Waals surface area contributed by atoms with Crippen molar-refractivity contribution in [3.8, 4) is 11.1 Å². The third-order valence-corrected chi connectivity index (χ3v) is 5.32. The quantitative estimate of drug-likeness (QED) is 0.546. The van der Waals surface area contributed by atoms with Gasteiger partial charge in [0.1, 0.15) is 11.2 Å². The fraction of sp³-hybridized carbons (Fsp3) is 0.273. The lowest BCUT2D eigenvalue weighted by atomic mass is 10.1. The molecule has 2 atom stereocenters. The number of hydrogen-bond acceptors (Lipinski definition) is 5. The number of hydrogen-bond donors (Lipinski definition) is 1. The third-order valence-electron chi connectivity index (χ3n) is 5.32. The number of nitrogens with zero attached hydrogens (tertiary/aromatic N) is 3. The van der Waals surface area contributed by atoms with Gasteiger partial charge in [0.2, 0.25) is 0 Å². The van der Waals surface area contributed by atoms with Gasteiger partial charge in [-0.1, -0.05) is 0 Å². The van der Waals surface area contributed by atoms with Crippen LogP contribution in [0.2, 0.25) is 0 Å². The van der Waals surface area contributed by atoms with Crippen LogP contribution in [-0.4, -0.2) is 34.6 Å². The average molecular weight is 374 g/mol. The van der Waals surface area contributed by atoms with Crippen molar-refractivity contribution in [2.45, 2.75) is 25.9 Å². The van der Waals surface area contributed by atoms with Crippen LogP contribution in [-0.2, 0) is 0 Å². The zero-order valence-electron chi connectivity index (χ0n) is 15.9. The number of fused-ring (bicyclic) bond motifs is 2. The van der Waals surface area contributed by atoms with E-state index in [-0.39, 0.29) is 5.63 Å². The lowest BCUT2D eigenvalue weighted by Gasteiger charge is -2.37. The molecule has 1 aromatic carbocycles. The molecule has 1 N–H and O–H groups in total. The Bertz CT molecular complexity index is 1180. The zero-order chi connectivity index (χ0) is 19.3. The molecule has 1 aliphatic rings. The van der Waals surface area contributed by atoms with Gasteiger partial charge < -0.3 is 19.0 Å². The van der Waals surface area contributed by atoms with Gasteiger partial charge in [0.15, 0.2) is 0 Å². The number of benzene rings is 1. The minimum atomic E-state index is -0.331. The molecule has 0 unspecified atom stereocenters. The maximum atomic E-state index is 12.7. The Kier molecular flexibility index (Phi) is 3.94. The standard InChI is InChI=1S/C22H22N4O2/c1-14-11-26(12-15(2)24-14)18-5-4-16-8-19(22(27)28-20(16)10-18)17-9-21-23-6-3-7-25(21)13-17/h3-10,13-15,24H,11-12H2,1-2H3/t14-,15+. The highest BCUT2D eigenvalue weighted by molar-refractivity contribution is 5.85. The summed E-state index contributed by atoms with van der Waals surface area (Å²) in [6.45, 7) is 6.24. The minimum Gasteiger partial charge on any atom is -0.422 e. The first kappa shape index (κ1) is 17.0. The summed E-state index contributed by atoms with van der Waals surface area (Å²) in [5.74, 6) is 0. The monoisotopic (exact) mass is 374 g/mol. The van der Waals surface area contributed by atoms with Gasteiger partial charge in [-0.2, -0.15) is 0 Å². The molecular weight excluding hydrogens is 352 g/mol. The Hall–Kier alpha value is -3.12. The van der Waals surface area contributed by atoms with Gasteiger partial charge in [-0.3, -0.25) is 0 Å². The SMILES string of the molecule is C[C@@H]1CN(c2ccc3cc(-c4cc5ncccn5c4)c(=O)oc3c2)C[C@H](C)N1. The predicted molar refractivity (Wildman–Crippen MR) is 111 cm³/mol. The molecule has 0 amide bonds. The number of anilines is 1. The summed E-state index contributed by atoms with van der Waals surface area (Å²) in [5.41, 5.74) is 3.53. The number of piperazine rings is 1. The summed E-state index contributed by atoms with van der Waals surface area (Å²) in [7, 11) is 0. The number of nitrogens with one attached hydrogen (secondary N) is 1. The molecule has 3 aromatic heterocycles. The predicted octanol–water partition coefficient (Wildman–Crippen LogP) is 3.29. The first-order valence-electron chi connectivity index (χ1n) is 9.59. The molecule has 6 nitrogen and oxygen atoms in total. The van der Waals surface area contributed by atoms with Crippen molar-refractivity contribution in [1.29, 1.82) is 0 Å². The van der Waals surface area contributed by atoms with E-state index in [0.29, 0.717) is 23.2 Å². The lowest BCUT2D eigenvalue weighted by Crippen LogP contribution is -2.54. The Balaban J connectivity index is 1.55. The van der Waals surface area contributed by atoms with Crippen molar-refractivity contribution in [1.82, 2.24) is 14.7 Å². The molecule has 0 radical (unpaired) electrons. The van der Waals surface area contributed by atoms with Gasteiger partial charge >= 0.3 is 5.63 Å². The molecule has 1 fully saturated rings. The maximum absolute atomic E-state index is 12.7. The highest BCUT2D eigenvalue weighted by Crippen LogP contribution is 2.27. The summed E-state index contributed by atoms with van der Waals surface area (Å²) in [5, 5.41) is 4.45. The molecular formula is C22H22N4O2. The van der Waals surface area contributed by atoms with E-state index in [2.05, 4.69) is 35.1 Å². The van der Waals surface area contributed by atoms with E-state index in [0.717, 1.165) is 35.4 Å². The zero-order valence-corrected chi connectivity index (χ0v) is 15.9. The van der Waals surface area contributed by atoms with Gasteiger partial charge in [0, 0.05) is 66.5 Å². The summed E-state index contributed by atoms with van der Waals surface area (Å²) in [4.78, 5) is 19.3. The van der Waals surface area contributed by atoms with Crippen LogP contribution in [0.15, 0.2) is 64.2 Å². The van der Waals surface area contributed by atoms with E-state index < -0.39 is 0 Å². The highest BCUT2D eigenvalue weighted by atomic mass is 16.4. The van der Waals surface area contributed by atoms with Crippen molar-refractivity contribution >= 4 is 22.3 Å². The summed E-state index contributed by atoms with van der Waals surface area (Å²) in [6.07, 6.45) is 5.55. The van der Waals surface area contributed by atoms with Gasteiger partial charge in [-0.25, -0.2) is 9.78 Å². The van der Waals surface area contributed by atoms with Crippen LogP contribution in [0, 0.1) is 0 Å². The van der Waals surface area contributed by atoms with Crippen molar-refractivity contribution in [2.75, 3.05) is 18.0 Å². The molecule has 0 aliphatic carbocycles. The van der Waals surface area contributed by atoms with Crippen molar-refractivity contribution in [2.24, 2.45) is 0 Å². The second kappa shape index (κ2) is 6.49. The van der Waals surface area contributed by atoms with Gasteiger partial charge in [0.25, 0.3) is 0 Å². The van der Waals surface area contributed by atoms with Gasteiger partial charge in [-0.15, -0.1) is 0 Å². The molecule has 4 aromatic rings. The van der Waals surface area contributed by atoms with Crippen LogP contribution in [0.25, 0.3) is 27.7 Å². The first-order valence-corrected chi connectivity index (χ1v) is 9.59. The number of aromatic nitrogens is 2. The third kappa shape index (κ3) is 2.96. The highest BCUT2D eigenvalue weighted by Gasteiger charge is 2.21. The molecule has 1 saturated heterocycles. The Morgan fingerprint density at radius 3 is 2.75 bits per heavy atom. The summed E-state index contributed by atoms with van der Waals surface area (Å²) < 4.78 is 7.60. The van der Waals surface area contributed by atoms with Gasteiger partial charge in [-0.05, 0) is 44.2 Å². The maximum Gasteiger partial charge on any atom is 0.344 e. The Morgan fingerprint density at radius 1 is 1.14 bits per heavy atom. The van der Waals surface area contributed by atoms with E-state index >= 15 is 0 Å². The summed E-state index contributed by atoms with van der Waals surface area (Å²) >= 11 is 0. The molecule has 0 spiro atoms. The molecule has 142 valence electrons.